The Morgan fingerprint density at radius 1 is 1.04 bits per heavy atom. The lowest BCUT2D eigenvalue weighted by Crippen LogP contribution is -2.09. The number of hydrogen-bond acceptors (Lipinski definition) is 6. The van der Waals surface area contributed by atoms with Crippen LogP contribution in [0.5, 0.6) is 0 Å². The van der Waals surface area contributed by atoms with E-state index in [4.69, 9.17) is 4.74 Å². The molecule has 0 saturated carbocycles. The number of aryl methyl sites for hydroxylation is 1. The molecule has 1 aromatic heterocycles. The molecule has 2 N–H and O–H groups in total. The molecule has 3 rings (SSSR count). The number of rotatable bonds is 8. The molecule has 0 unspecified atom stereocenters. The fourth-order valence-corrected chi connectivity index (χ4v) is 2.73. The summed E-state index contributed by atoms with van der Waals surface area (Å²) in [5, 5.41) is 6.52. The van der Waals surface area contributed by atoms with Crippen molar-refractivity contribution in [3.63, 3.8) is 0 Å². The second kappa shape index (κ2) is 9.50. The molecule has 0 amide bonds. The minimum absolute atomic E-state index is 0.328. The summed E-state index contributed by atoms with van der Waals surface area (Å²) < 4.78 is 4.99. The van der Waals surface area contributed by atoms with Gasteiger partial charge in [-0.05, 0) is 50.1 Å². The van der Waals surface area contributed by atoms with Crippen molar-refractivity contribution in [3.8, 4) is 0 Å². The lowest BCUT2D eigenvalue weighted by atomic mass is 10.1. The Hall–Kier alpha value is -3.41. The Morgan fingerprint density at radius 2 is 1.79 bits per heavy atom. The van der Waals surface area contributed by atoms with Gasteiger partial charge >= 0.3 is 5.97 Å². The normalized spacial score (nSPS) is 10.4. The fourth-order valence-electron chi connectivity index (χ4n) is 2.73. The van der Waals surface area contributed by atoms with E-state index < -0.39 is 0 Å². The number of benzene rings is 2. The van der Waals surface area contributed by atoms with Crippen LogP contribution >= 0.6 is 0 Å². The van der Waals surface area contributed by atoms with Crippen molar-refractivity contribution in [1.29, 1.82) is 0 Å². The van der Waals surface area contributed by atoms with Crippen molar-refractivity contribution in [1.82, 2.24) is 9.97 Å². The Labute approximate surface area is 165 Å². The number of carbonyl (C=O) groups is 1. The number of carbonyl (C=O) groups excluding carboxylic acids is 1. The van der Waals surface area contributed by atoms with Crippen LogP contribution in [0.3, 0.4) is 0 Å². The molecule has 0 aliphatic rings. The first-order chi connectivity index (χ1) is 13.6. The molecule has 3 aromatic rings. The number of hydrogen-bond donors (Lipinski definition) is 2. The molecule has 0 fully saturated rings. The molecule has 1 heterocycles. The zero-order valence-corrected chi connectivity index (χ0v) is 16.1. The van der Waals surface area contributed by atoms with Gasteiger partial charge < -0.3 is 15.4 Å². The Morgan fingerprint density at radius 3 is 2.50 bits per heavy atom. The first-order valence-corrected chi connectivity index (χ1v) is 9.31. The molecule has 0 saturated heterocycles. The molecule has 28 heavy (non-hydrogen) atoms. The van der Waals surface area contributed by atoms with Gasteiger partial charge in [0.25, 0.3) is 0 Å². The second-order valence-corrected chi connectivity index (χ2v) is 6.30. The summed E-state index contributed by atoms with van der Waals surface area (Å²) in [6.45, 7) is 4.86. The lowest BCUT2D eigenvalue weighted by Gasteiger charge is -2.10. The summed E-state index contributed by atoms with van der Waals surface area (Å²) >= 11 is 0. The summed E-state index contributed by atoms with van der Waals surface area (Å²) in [6, 6.07) is 19.3. The minimum atomic E-state index is -0.328. The predicted octanol–water partition coefficient (Wildman–Crippen LogP) is 4.36. The van der Waals surface area contributed by atoms with Gasteiger partial charge in [0.2, 0.25) is 5.95 Å². The third-order valence-corrected chi connectivity index (χ3v) is 4.07. The summed E-state index contributed by atoms with van der Waals surface area (Å²) in [5.41, 5.74) is 3.46. The van der Waals surface area contributed by atoms with Crippen LogP contribution in [0, 0.1) is 6.92 Å². The molecule has 0 aliphatic heterocycles. The number of ether oxygens (including phenoxy) is 1. The van der Waals surface area contributed by atoms with E-state index in [2.05, 4.69) is 32.7 Å². The summed E-state index contributed by atoms with van der Waals surface area (Å²) in [5.74, 6) is 0.950. The highest BCUT2D eigenvalue weighted by Crippen LogP contribution is 2.17. The van der Waals surface area contributed by atoms with E-state index >= 15 is 0 Å². The summed E-state index contributed by atoms with van der Waals surface area (Å²) in [7, 11) is 0. The van der Waals surface area contributed by atoms with Crippen molar-refractivity contribution in [3.05, 3.63) is 77.5 Å². The number of nitrogens with one attached hydrogen (secondary N) is 2. The minimum Gasteiger partial charge on any atom is -0.462 e. The van der Waals surface area contributed by atoms with Crippen LogP contribution in [0.4, 0.5) is 17.5 Å². The van der Waals surface area contributed by atoms with Gasteiger partial charge in [-0.25, -0.2) is 9.78 Å². The number of aromatic nitrogens is 2. The molecule has 0 bridgehead atoms. The van der Waals surface area contributed by atoms with Gasteiger partial charge in [0, 0.05) is 24.0 Å². The van der Waals surface area contributed by atoms with Gasteiger partial charge in [0.15, 0.2) is 0 Å². The smallest absolute Gasteiger partial charge is 0.338 e. The zero-order chi connectivity index (χ0) is 19.8. The van der Waals surface area contributed by atoms with Crippen LogP contribution in [0.1, 0.15) is 28.5 Å². The Bertz CT molecular complexity index is 912. The van der Waals surface area contributed by atoms with Crippen LogP contribution in [0.25, 0.3) is 0 Å². The van der Waals surface area contributed by atoms with Crippen molar-refractivity contribution >= 4 is 23.4 Å². The standard InChI is InChI=1S/C22H24N4O2/c1-3-28-21(27)18-9-11-19(12-10-18)25-22-24-16(2)15-20(26-22)23-14-13-17-7-5-4-6-8-17/h4-12,15H,3,13-14H2,1-2H3,(H2,23,24,25,26). The van der Waals surface area contributed by atoms with Crippen molar-refractivity contribution < 1.29 is 9.53 Å². The van der Waals surface area contributed by atoms with E-state index in [1.54, 1.807) is 31.2 Å². The van der Waals surface area contributed by atoms with Crippen LogP contribution in [-0.2, 0) is 11.2 Å². The second-order valence-electron chi connectivity index (χ2n) is 6.30. The van der Waals surface area contributed by atoms with Gasteiger partial charge in [0.1, 0.15) is 5.82 Å². The molecule has 144 valence electrons. The highest BCUT2D eigenvalue weighted by Gasteiger charge is 2.07. The van der Waals surface area contributed by atoms with Crippen molar-refractivity contribution in [2.75, 3.05) is 23.8 Å². The number of esters is 1. The van der Waals surface area contributed by atoms with Crippen LogP contribution < -0.4 is 10.6 Å². The molecule has 0 spiro atoms. The fraction of sp³-hybridized carbons (Fsp3) is 0.227. The van der Waals surface area contributed by atoms with E-state index in [0.29, 0.717) is 18.1 Å². The molecular weight excluding hydrogens is 352 g/mol. The molecule has 6 heteroatoms. The first kappa shape index (κ1) is 19.4. The van der Waals surface area contributed by atoms with Gasteiger partial charge in [-0.1, -0.05) is 30.3 Å². The van der Waals surface area contributed by atoms with Gasteiger partial charge in [-0.2, -0.15) is 4.98 Å². The topological polar surface area (TPSA) is 76.1 Å². The van der Waals surface area contributed by atoms with Gasteiger partial charge in [-0.15, -0.1) is 0 Å². The first-order valence-electron chi connectivity index (χ1n) is 9.31. The highest BCUT2D eigenvalue weighted by molar-refractivity contribution is 5.89. The van der Waals surface area contributed by atoms with Crippen molar-refractivity contribution in [2.45, 2.75) is 20.3 Å². The maximum absolute atomic E-state index is 11.7. The quantitative estimate of drug-likeness (QED) is 0.569. The Kier molecular flexibility index (Phi) is 6.57. The number of anilines is 3. The predicted molar refractivity (Wildman–Crippen MR) is 111 cm³/mol. The molecule has 0 atom stereocenters. The highest BCUT2D eigenvalue weighted by atomic mass is 16.5. The molecule has 0 aliphatic carbocycles. The number of nitrogens with zero attached hydrogens (tertiary/aromatic N) is 2. The summed E-state index contributed by atoms with van der Waals surface area (Å²) in [4.78, 5) is 20.7. The van der Waals surface area contributed by atoms with E-state index in [1.165, 1.54) is 5.56 Å². The molecule has 6 nitrogen and oxygen atoms in total. The third kappa shape index (κ3) is 5.54. The average molecular weight is 376 g/mol. The lowest BCUT2D eigenvalue weighted by molar-refractivity contribution is 0.0526. The van der Waals surface area contributed by atoms with E-state index in [-0.39, 0.29) is 5.97 Å². The molecule has 2 aromatic carbocycles. The largest absolute Gasteiger partial charge is 0.462 e. The van der Waals surface area contributed by atoms with Crippen molar-refractivity contribution in [2.24, 2.45) is 0 Å². The molecular formula is C22H24N4O2. The van der Waals surface area contributed by atoms with Crippen LogP contribution in [-0.4, -0.2) is 29.1 Å². The maximum Gasteiger partial charge on any atom is 0.338 e. The monoisotopic (exact) mass is 376 g/mol. The van der Waals surface area contributed by atoms with E-state index in [0.717, 1.165) is 30.2 Å². The van der Waals surface area contributed by atoms with E-state index in [9.17, 15) is 4.79 Å². The SMILES string of the molecule is CCOC(=O)c1ccc(Nc2nc(C)cc(NCCc3ccccc3)n2)cc1. The average Bonchev–Trinajstić information content (AvgIpc) is 2.69. The Balaban J connectivity index is 1.62. The van der Waals surface area contributed by atoms with Crippen LogP contribution in [0.15, 0.2) is 60.7 Å². The van der Waals surface area contributed by atoms with Gasteiger partial charge in [-0.3, -0.25) is 0 Å². The summed E-state index contributed by atoms with van der Waals surface area (Å²) in [6.07, 6.45) is 0.919. The van der Waals surface area contributed by atoms with E-state index in [1.807, 2.05) is 31.2 Å². The zero-order valence-electron chi connectivity index (χ0n) is 16.1. The van der Waals surface area contributed by atoms with Gasteiger partial charge in [0.05, 0.1) is 12.2 Å². The molecule has 0 radical (unpaired) electrons. The maximum atomic E-state index is 11.7. The van der Waals surface area contributed by atoms with Crippen LogP contribution in [0.2, 0.25) is 0 Å². The third-order valence-electron chi connectivity index (χ3n) is 4.07.